The summed E-state index contributed by atoms with van der Waals surface area (Å²) in [5, 5.41) is 8.43. The van der Waals surface area contributed by atoms with E-state index in [0.717, 1.165) is 17.0 Å². The molecule has 0 spiro atoms. The van der Waals surface area contributed by atoms with Gasteiger partial charge in [-0.3, -0.25) is 9.48 Å². The number of carbonyl (C=O) groups is 1. The van der Waals surface area contributed by atoms with Crippen LogP contribution in [0.1, 0.15) is 73.1 Å². The number of hydrogen-bond donors (Lipinski definition) is 0. The molecule has 3 aromatic rings. The van der Waals surface area contributed by atoms with Crippen molar-refractivity contribution < 1.29 is 18.0 Å². The first-order valence-electron chi connectivity index (χ1n) is 10.0. The molecule has 0 N–H and O–H groups in total. The van der Waals surface area contributed by atoms with E-state index in [-0.39, 0.29) is 17.6 Å². The van der Waals surface area contributed by atoms with Gasteiger partial charge in [0.15, 0.2) is 5.65 Å². The van der Waals surface area contributed by atoms with Gasteiger partial charge >= 0.3 is 6.18 Å². The van der Waals surface area contributed by atoms with Gasteiger partial charge in [-0.05, 0) is 39.2 Å². The molecule has 0 aliphatic carbocycles. The van der Waals surface area contributed by atoms with Crippen LogP contribution < -0.4 is 0 Å². The van der Waals surface area contributed by atoms with E-state index in [9.17, 15) is 18.0 Å². The van der Waals surface area contributed by atoms with Crippen LogP contribution in [-0.2, 0) is 12.6 Å². The molecule has 1 aliphatic rings. The Morgan fingerprint density at radius 2 is 2.07 bits per heavy atom. The lowest BCUT2D eigenvalue weighted by Gasteiger charge is -2.22. The average molecular weight is 420 g/mol. The number of fused-ring (bicyclic) bond motifs is 1. The molecule has 30 heavy (non-hydrogen) atoms. The molecule has 0 saturated carbocycles. The molecule has 4 rings (SSSR count). The van der Waals surface area contributed by atoms with Crippen molar-refractivity contribution in [2.24, 2.45) is 0 Å². The normalized spacial score (nSPS) is 17.4. The maximum Gasteiger partial charge on any atom is 0.433 e. The maximum absolute atomic E-state index is 13.6. The van der Waals surface area contributed by atoms with Gasteiger partial charge in [-0.15, -0.1) is 0 Å². The smallest absolute Gasteiger partial charge is 0.330 e. The van der Waals surface area contributed by atoms with Crippen molar-refractivity contribution in [3.05, 3.63) is 47.2 Å². The highest BCUT2D eigenvalue weighted by molar-refractivity contribution is 5.94. The van der Waals surface area contributed by atoms with Gasteiger partial charge in [0.2, 0.25) is 0 Å². The Labute approximate surface area is 171 Å². The minimum atomic E-state index is -4.55. The zero-order valence-electron chi connectivity index (χ0n) is 17.0. The van der Waals surface area contributed by atoms with Crippen LogP contribution in [0.15, 0.2) is 24.5 Å². The van der Waals surface area contributed by atoms with Crippen LogP contribution in [0.4, 0.5) is 13.2 Å². The summed E-state index contributed by atoms with van der Waals surface area (Å²) in [6.07, 6.45) is 0.443. The van der Waals surface area contributed by atoms with Gasteiger partial charge in [0, 0.05) is 30.5 Å². The van der Waals surface area contributed by atoms with Crippen molar-refractivity contribution in [1.29, 1.82) is 0 Å². The number of aromatic nitrogens is 5. The predicted octanol–water partition coefficient (Wildman–Crippen LogP) is 4.07. The molecule has 0 unspecified atom stereocenters. The number of alkyl halides is 3. The lowest BCUT2D eigenvalue weighted by molar-refractivity contribution is -0.142. The van der Waals surface area contributed by atoms with Crippen LogP contribution in [0.3, 0.4) is 0 Å². The topological polar surface area (TPSA) is 68.3 Å². The van der Waals surface area contributed by atoms with Crippen LogP contribution in [0.25, 0.3) is 5.65 Å². The fourth-order valence-electron chi connectivity index (χ4n) is 3.80. The Morgan fingerprint density at radius 3 is 2.70 bits per heavy atom. The highest BCUT2D eigenvalue weighted by Crippen LogP contribution is 2.35. The van der Waals surface area contributed by atoms with Crippen molar-refractivity contribution in [1.82, 2.24) is 29.3 Å². The Balaban J connectivity index is 1.71. The molecule has 0 radical (unpaired) electrons. The van der Waals surface area contributed by atoms with Crippen molar-refractivity contribution in [3.63, 3.8) is 0 Å². The summed E-state index contributed by atoms with van der Waals surface area (Å²) in [5.41, 5.74) is 0.514. The fourth-order valence-corrected chi connectivity index (χ4v) is 3.80. The van der Waals surface area contributed by atoms with Gasteiger partial charge in [0.1, 0.15) is 5.69 Å². The van der Waals surface area contributed by atoms with Crippen molar-refractivity contribution in [3.8, 4) is 0 Å². The number of halogens is 3. The molecule has 1 aliphatic heterocycles. The van der Waals surface area contributed by atoms with Crippen LogP contribution >= 0.6 is 0 Å². The number of carbonyl (C=O) groups excluding carboxylic acids is 1. The molecule has 1 atom stereocenters. The molecule has 7 nitrogen and oxygen atoms in total. The van der Waals surface area contributed by atoms with Crippen molar-refractivity contribution in [2.75, 3.05) is 6.54 Å². The molecule has 10 heteroatoms. The third-order valence-electron chi connectivity index (χ3n) is 5.38. The summed E-state index contributed by atoms with van der Waals surface area (Å²) in [6, 6.07) is 2.32. The molecule has 1 saturated heterocycles. The summed E-state index contributed by atoms with van der Waals surface area (Å²) in [5.74, 6) is -0.195. The Hall–Kier alpha value is -2.91. The minimum Gasteiger partial charge on any atom is -0.330 e. The second-order valence-corrected chi connectivity index (χ2v) is 7.78. The quantitative estimate of drug-likeness (QED) is 0.638. The zero-order valence-corrected chi connectivity index (χ0v) is 17.0. The summed E-state index contributed by atoms with van der Waals surface area (Å²) < 4.78 is 43.2. The lowest BCUT2D eigenvalue weighted by Crippen LogP contribution is -2.30. The van der Waals surface area contributed by atoms with E-state index < -0.39 is 17.9 Å². The molecule has 0 bridgehead atoms. The molecule has 1 amide bonds. The maximum atomic E-state index is 13.6. The van der Waals surface area contributed by atoms with Gasteiger partial charge in [-0.25, -0.2) is 9.50 Å². The number of amides is 1. The van der Waals surface area contributed by atoms with Crippen molar-refractivity contribution >= 4 is 11.6 Å². The Bertz CT molecular complexity index is 1080. The van der Waals surface area contributed by atoms with E-state index in [1.54, 1.807) is 28.8 Å². The zero-order chi connectivity index (χ0) is 21.6. The molecule has 160 valence electrons. The second-order valence-electron chi connectivity index (χ2n) is 7.78. The van der Waals surface area contributed by atoms with Gasteiger partial charge in [0.05, 0.1) is 23.5 Å². The number of rotatable bonds is 4. The van der Waals surface area contributed by atoms with Crippen LogP contribution in [-0.4, -0.2) is 41.7 Å². The molecular formula is C20H23F3N6O. The summed E-state index contributed by atoms with van der Waals surface area (Å²) in [4.78, 5) is 19.0. The van der Waals surface area contributed by atoms with Crippen LogP contribution in [0.5, 0.6) is 0 Å². The fraction of sp³-hybridized carbons (Fsp3) is 0.500. The largest absolute Gasteiger partial charge is 0.433 e. The first-order chi connectivity index (χ1) is 14.2. The predicted molar refractivity (Wildman–Crippen MR) is 103 cm³/mol. The number of likely N-dealkylation sites (tertiary alicyclic amines) is 1. The first kappa shape index (κ1) is 20.4. The number of nitrogens with zero attached hydrogens (tertiary/aromatic N) is 6. The van der Waals surface area contributed by atoms with Crippen LogP contribution in [0, 0.1) is 0 Å². The molecule has 4 heterocycles. The van der Waals surface area contributed by atoms with Gasteiger partial charge in [-0.2, -0.15) is 23.4 Å². The summed E-state index contributed by atoms with van der Waals surface area (Å²) in [6.45, 7) is 6.20. The van der Waals surface area contributed by atoms with E-state index >= 15 is 0 Å². The van der Waals surface area contributed by atoms with E-state index in [1.807, 2.05) is 13.8 Å². The van der Waals surface area contributed by atoms with E-state index in [2.05, 4.69) is 15.2 Å². The highest BCUT2D eigenvalue weighted by Gasteiger charge is 2.37. The number of hydrogen-bond acceptors (Lipinski definition) is 4. The Kier molecular flexibility index (Phi) is 5.03. The molecular weight excluding hydrogens is 397 g/mol. The standard InChI is InChI=1S/C20H23F3N6O/c1-4-14-8-17(20(21,22)23)29-18(25-14)9-15(26-29)16-6-5-7-27(16)19(30)13-10-24-28(11-13)12(2)3/h8-12,16H,4-7H2,1-3H3/t16-/m1/s1. The second kappa shape index (κ2) is 7.41. The van der Waals surface area contributed by atoms with Crippen LogP contribution in [0.2, 0.25) is 0 Å². The number of aryl methyl sites for hydroxylation is 1. The Morgan fingerprint density at radius 1 is 1.30 bits per heavy atom. The molecule has 1 fully saturated rings. The molecule has 0 aromatic carbocycles. The summed E-state index contributed by atoms with van der Waals surface area (Å²) in [7, 11) is 0. The first-order valence-corrected chi connectivity index (χ1v) is 10.0. The van der Waals surface area contributed by atoms with E-state index in [4.69, 9.17) is 0 Å². The van der Waals surface area contributed by atoms with Gasteiger partial charge in [-0.1, -0.05) is 6.92 Å². The lowest BCUT2D eigenvalue weighted by atomic mass is 10.1. The average Bonchev–Trinajstić information content (AvgIpc) is 3.43. The third kappa shape index (κ3) is 3.54. The van der Waals surface area contributed by atoms with Gasteiger partial charge in [0.25, 0.3) is 5.91 Å². The van der Waals surface area contributed by atoms with E-state index in [1.165, 1.54) is 6.20 Å². The van der Waals surface area contributed by atoms with Crippen molar-refractivity contribution in [2.45, 2.75) is 58.3 Å². The van der Waals surface area contributed by atoms with Gasteiger partial charge < -0.3 is 4.90 Å². The minimum absolute atomic E-state index is 0.124. The van der Waals surface area contributed by atoms with E-state index in [0.29, 0.717) is 36.3 Å². The highest BCUT2D eigenvalue weighted by atomic mass is 19.4. The SMILES string of the molecule is CCc1cc(C(F)(F)F)n2nc([C@H]3CCCN3C(=O)c3cnn(C(C)C)c3)cc2n1. The monoisotopic (exact) mass is 420 g/mol. The summed E-state index contributed by atoms with van der Waals surface area (Å²) >= 11 is 0. The molecule has 3 aromatic heterocycles. The third-order valence-corrected chi connectivity index (χ3v) is 5.38.